The molecule has 0 radical (unpaired) electrons. The molecular formula is C20H23ClN2O2. The van der Waals surface area contributed by atoms with Crippen molar-refractivity contribution in [3.63, 3.8) is 0 Å². The summed E-state index contributed by atoms with van der Waals surface area (Å²) < 4.78 is 5.47. The van der Waals surface area contributed by atoms with Crippen LogP contribution in [-0.4, -0.2) is 50.1 Å². The molecule has 1 heterocycles. The van der Waals surface area contributed by atoms with Gasteiger partial charge in [0, 0.05) is 36.3 Å². The fourth-order valence-electron chi connectivity index (χ4n) is 3.12. The van der Waals surface area contributed by atoms with Gasteiger partial charge < -0.3 is 10.1 Å². The number of halogens is 1. The first kappa shape index (κ1) is 18.1. The van der Waals surface area contributed by atoms with Crippen molar-refractivity contribution in [2.45, 2.75) is 6.04 Å². The zero-order chi connectivity index (χ0) is 17.5. The Balaban J connectivity index is 1.65. The van der Waals surface area contributed by atoms with E-state index >= 15 is 0 Å². The van der Waals surface area contributed by atoms with Crippen LogP contribution in [0.1, 0.15) is 22.0 Å². The number of morpholine rings is 1. The number of carbonyl (C=O) groups excluding carboxylic acids is 1. The summed E-state index contributed by atoms with van der Waals surface area (Å²) in [6.07, 6.45) is 0. The molecule has 2 aromatic rings. The lowest BCUT2D eigenvalue weighted by molar-refractivity contribution is 0.0162. The number of nitrogens with one attached hydrogen (secondary N) is 1. The van der Waals surface area contributed by atoms with Gasteiger partial charge in [0.25, 0.3) is 0 Å². The molecule has 0 spiro atoms. The van der Waals surface area contributed by atoms with Crippen molar-refractivity contribution in [2.24, 2.45) is 0 Å². The van der Waals surface area contributed by atoms with Crippen LogP contribution in [0.3, 0.4) is 0 Å². The minimum absolute atomic E-state index is 0.0977. The molecule has 2 aromatic carbocycles. The standard InChI is InChI=1S/C20H23ClN2O2/c21-18-9-5-4-8-17(18)19(23-10-12-25-13-11-23)14-22-15-20(24)16-6-2-1-3-7-16/h1-9,19,22H,10-15H2. The van der Waals surface area contributed by atoms with Crippen LogP contribution in [0.2, 0.25) is 5.02 Å². The van der Waals surface area contributed by atoms with Gasteiger partial charge in [-0.25, -0.2) is 0 Å². The predicted octanol–water partition coefficient (Wildman–Crippen LogP) is 3.19. The van der Waals surface area contributed by atoms with Crippen molar-refractivity contribution in [2.75, 3.05) is 39.4 Å². The van der Waals surface area contributed by atoms with Crippen LogP contribution in [0.15, 0.2) is 54.6 Å². The Kier molecular flexibility index (Phi) is 6.59. The highest BCUT2D eigenvalue weighted by atomic mass is 35.5. The van der Waals surface area contributed by atoms with E-state index in [9.17, 15) is 4.79 Å². The Hall–Kier alpha value is -1.72. The molecule has 1 fully saturated rings. The molecular weight excluding hydrogens is 336 g/mol. The van der Waals surface area contributed by atoms with Crippen molar-refractivity contribution in [3.05, 3.63) is 70.7 Å². The molecule has 1 saturated heterocycles. The normalized spacial score (nSPS) is 16.5. The smallest absolute Gasteiger partial charge is 0.176 e. The molecule has 1 aliphatic rings. The van der Waals surface area contributed by atoms with Crippen LogP contribution in [0.5, 0.6) is 0 Å². The summed E-state index contributed by atoms with van der Waals surface area (Å²) in [5, 5.41) is 4.08. The van der Waals surface area contributed by atoms with Gasteiger partial charge in [0.15, 0.2) is 5.78 Å². The van der Waals surface area contributed by atoms with Crippen molar-refractivity contribution in [3.8, 4) is 0 Å². The first-order chi connectivity index (χ1) is 12.3. The summed E-state index contributed by atoms with van der Waals surface area (Å²) in [5.41, 5.74) is 1.82. The SMILES string of the molecule is O=C(CNCC(c1ccccc1Cl)N1CCOCC1)c1ccccc1. The van der Waals surface area contributed by atoms with Crippen LogP contribution in [0, 0.1) is 0 Å². The zero-order valence-electron chi connectivity index (χ0n) is 14.2. The fourth-order valence-corrected chi connectivity index (χ4v) is 3.38. The first-order valence-electron chi connectivity index (χ1n) is 8.61. The largest absolute Gasteiger partial charge is 0.379 e. The van der Waals surface area contributed by atoms with Gasteiger partial charge in [0.05, 0.1) is 19.8 Å². The highest BCUT2D eigenvalue weighted by Crippen LogP contribution is 2.27. The van der Waals surface area contributed by atoms with Crippen LogP contribution >= 0.6 is 11.6 Å². The van der Waals surface area contributed by atoms with Gasteiger partial charge in [0.2, 0.25) is 0 Å². The maximum Gasteiger partial charge on any atom is 0.176 e. The zero-order valence-corrected chi connectivity index (χ0v) is 14.9. The van der Waals surface area contributed by atoms with Crippen molar-refractivity contribution in [1.29, 1.82) is 0 Å². The van der Waals surface area contributed by atoms with Crippen LogP contribution in [-0.2, 0) is 4.74 Å². The van der Waals surface area contributed by atoms with E-state index in [1.807, 2.05) is 48.5 Å². The van der Waals surface area contributed by atoms with E-state index in [0.29, 0.717) is 13.1 Å². The third-order valence-corrected chi connectivity index (χ3v) is 4.81. The lowest BCUT2D eigenvalue weighted by Gasteiger charge is -2.35. The number of ether oxygens (including phenoxy) is 1. The first-order valence-corrected chi connectivity index (χ1v) is 8.98. The third kappa shape index (κ3) is 4.89. The van der Waals surface area contributed by atoms with E-state index < -0.39 is 0 Å². The molecule has 4 nitrogen and oxygen atoms in total. The molecule has 0 aliphatic carbocycles. The van der Waals surface area contributed by atoms with Gasteiger partial charge in [-0.3, -0.25) is 9.69 Å². The lowest BCUT2D eigenvalue weighted by Crippen LogP contribution is -2.43. The number of hydrogen-bond acceptors (Lipinski definition) is 4. The maximum atomic E-state index is 12.3. The van der Waals surface area contributed by atoms with Gasteiger partial charge in [0.1, 0.15) is 0 Å². The molecule has 132 valence electrons. The summed E-state index contributed by atoms with van der Waals surface area (Å²) in [7, 11) is 0. The van der Waals surface area contributed by atoms with Crippen LogP contribution < -0.4 is 5.32 Å². The van der Waals surface area contributed by atoms with E-state index in [4.69, 9.17) is 16.3 Å². The lowest BCUT2D eigenvalue weighted by atomic mass is 10.0. The highest BCUT2D eigenvalue weighted by molar-refractivity contribution is 6.31. The van der Waals surface area contributed by atoms with Crippen molar-refractivity contribution >= 4 is 17.4 Å². The molecule has 0 saturated carbocycles. The Morgan fingerprint density at radius 1 is 1.08 bits per heavy atom. The second-order valence-electron chi connectivity index (χ2n) is 6.11. The molecule has 5 heteroatoms. The number of nitrogens with zero attached hydrogens (tertiary/aromatic N) is 1. The summed E-state index contributed by atoms with van der Waals surface area (Å²) in [6.45, 7) is 4.17. The summed E-state index contributed by atoms with van der Waals surface area (Å²) in [5.74, 6) is 0.0977. The number of carbonyl (C=O) groups is 1. The predicted molar refractivity (Wildman–Crippen MR) is 100 cm³/mol. The van der Waals surface area contributed by atoms with Crippen LogP contribution in [0.25, 0.3) is 0 Å². The molecule has 0 amide bonds. The van der Waals surface area contributed by atoms with Gasteiger partial charge >= 0.3 is 0 Å². The monoisotopic (exact) mass is 358 g/mol. The van der Waals surface area contributed by atoms with E-state index in [1.165, 1.54) is 0 Å². The van der Waals surface area contributed by atoms with Gasteiger partial charge in [-0.05, 0) is 11.6 Å². The molecule has 1 unspecified atom stereocenters. The number of rotatable bonds is 7. The number of Topliss-reactive ketones (excluding diaryl/α,β-unsaturated/α-hetero) is 1. The van der Waals surface area contributed by atoms with Gasteiger partial charge in [-0.15, -0.1) is 0 Å². The Morgan fingerprint density at radius 3 is 2.48 bits per heavy atom. The molecule has 0 aromatic heterocycles. The van der Waals surface area contributed by atoms with E-state index in [0.717, 1.165) is 42.5 Å². The van der Waals surface area contributed by atoms with Crippen molar-refractivity contribution < 1.29 is 9.53 Å². The molecule has 1 N–H and O–H groups in total. The van der Waals surface area contributed by atoms with E-state index in [2.05, 4.69) is 16.3 Å². The number of benzene rings is 2. The second kappa shape index (κ2) is 9.11. The number of hydrogen-bond donors (Lipinski definition) is 1. The van der Waals surface area contributed by atoms with E-state index in [1.54, 1.807) is 0 Å². The van der Waals surface area contributed by atoms with Crippen molar-refractivity contribution in [1.82, 2.24) is 10.2 Å². The number of ketones is 1. The van der Waals surface area contributed by atoms with Crippen LogP contribution in [0.4, 0.5) is 0 Å². The average molecular weight is 359 g/mol. The second-order valence-corrected chi connectivity index (χ2v) is 6.51. The Morgan fingerprint density at radius 2 is 1.76 bits per heavy atom. The third-order valence-electron chi connectivity index (χ3n) is 4.47. The minimum Gasteiger partial charge on any atom is -0.379 e. The quantitative estimate of drug-likeness (QED) is 0.772. The summed E-state index contributed by atoms with van der Waals surface area (Å²) in [6, 6.07) is 17.4. The molecule has 25 heavy (non-hydrogen) atoms. The molecule has 1 aliphatic heterocycles. The maximum absolute atomic E-state index is 12.3. The van der Waals surface area contributed by atoms with Gasteiger partial charge in [-0.2, -0.15) is 0 Å². The van der Waals surface area contributed by atoms with Gasteiger partial charge in [-0.1, -0.05) is 60.1 Å². The molecule has 3 rings (SSSR count). The highest BCUT2D eigenvalue weighted by Gasteiger charge is 2.24. The van der Waals surface area contributed by atoms with E-state index in [-0.39, 0.29) is 11.8 Å². The molecule has 1 atom stereocenters. The Labute approximate surface area is 153 Å². The topological polar surface area (TPSA) is 41.6 Å². The Bertz CT molecular complexity index is 687. The molecule has 0 bridgehead atoms. The fraction of sp³-hybridized carbons (Fsp3) is 0.350. The average Bonchev–Trinajstić information content (AvgIpc) is 2.67. The summed E-state index contributed by atoms with van der Waals surface area (Å²) >= 11 is 6.42. The minimum atomic E-state index is 0.0977. The summed E-state index contributed by atoms with van der Waals surface area (Å²) in [4.78, 5) is 14.6.